The molecule has 2 aromatic rings. The summed E-state index contributed by atoms with van der Waals surface area (Å²) >= 11 is 1.53. The molecule has 1 aliphatic carbocycles. The molecule has 0 unspecified atom stereocenters. The zero-order valence-corrected chi connectivity index (χ0v) is 14.7. The maximum atomic E-state index is 13.6. The summed E-state index contributed by atoms with van der Waals surface area (Å²) in [5.41, 5.74) is -0.136. The van der Waals surface area contributed by atoms with Crippen LogP contribution in [0.5, 0.6) is 0 Å². The molecule has 26 heavy (non-hydrogen) atoms. The van der Waals surface area contributed by atoms with E-state index in [-0.39, 0.29) is 17.9 Å². The third-order valence-corrected chi connectivity index (χ3v) is 5.19. The number of aromatic nitrogens is 2. The van der Waals surface area contributed by atoms with E-state index in [2.05, 4.69) is 20.6 Å². The van der Waals surface area contributed by atoms with Gasteiger partial charge in [0.05, 0.1) is 28.9 Å². The highest BCUT2D eigenvalue weighted by Gasteiger charge is 2.37. The fraction of sp³-hybridized carbons (Fsp3) is 0.412. The number of amides is 2. The Morgan fingerprint density at radius 2 is 2.19 bits per heavy atom. The number of halogens is 1. The van der Waals surface area contributed by atoms with Crippen molar-refractivity contribution in [3.8, 4) is 0 Å². The standard InChI is InChI=1S/C17H19FN4O3S/c18-12-9-19-3-1-11(12)17(25)22-13-7-10(8-14(13)23)16(24)21-4-2-15-20-5-6-26-15/h1,3,5-6,9-10,13-14,23H,2,4,7-8H2,(H,21,24)(H,22,25)/t10-,13+,14+/m0/s1. The van der Waals surface area contributed by atoms with Crippen LogP contribution in [0.25, 0.3) is 0 Å². The monoisotopic (exact) mass is 378 g/mol. The van der Waals surface area contributed by atoms with Crippen LogP contribution in [0, 0.1) is 11.7 Å². The molecule has 7 nitrogen and oxygen atoms in total. The molecule has 138 valence electrons. The van der Waals surface area contributed by atoms with Crippen LogP contribution in [0.1, 0.15) is 28.2 Å². The van der Waals surface area contributed by atoms with E-state index in [4.69, 9.17) is 0 Å². The molecule has 2 amide bonds. The van der Waals surface area contributed by atoms with Gasteiger partial charge in [-0.15, -0.1) is 11.3 Å². The van der Waals surface area contributed by atoms with Crippen LogP contribution >= 0.6 is 11.3 Å². The van der Waals surface area contributed by atoms with Gasteiger partial charge in [-0.3, -0.25) is 14.6 Å². The van der Waals surface area contributed by atoms with E-state index in [1.54, 1.807) is 6.20 Å². The first-order chi connectivity index (χ1) is 12.5. The van der Waals surface area contributed by atoms with Gasteiger partial charge in [0, 0.05) is 36.7 Å². The van der Waals surface area contributed by atoms with Crippen molar-refractivity contribution in [2.75, 3.05) is 6.54 Å². The molecule has 2 heterocycles. The molecule has 2 aromatic heterocycles. The SMILES string of the molecule is O=C(N[C@@H]1C[C@H](C(=O)NCCc2nccs2)C[C@H]1O)c1ccncc1F. The van der Waals surface area contributed by atoms with Gasteiger partial charge < -0.3 is 15.7 Å². The number of aliphatic hydroxyl groups is 1. The van der Waals surface area contributed by atoms with Gasteiger partial charge in [0.25, 0.3) is 5.91 Å². The van der Waals surface area contributed by atoms with Crippen molar-refractivity contribution in [1.29, 1.82) is 0 Å². The van der Waals surface area contributed by atoms with Crippen molar-refractivity contribution >= 4 is 23.2 Å². The Labute approximate surface area is 153 Å². The topological polar surface area (TPSA) is 104 Å². The second-order valence-electron chi connectivity index (χ2n) is 6.14. The quantitative estimate of drug-likeness (QED) is 0.693. The van der Waals surface area contributed by atoms with E-state index in [1.807, 2.05) is 5.38 Å². The number of nitrogens with one attached hydrogen (secondary N) is 2. The summed E-state index contributed by atoms with van der Waals surface area (Å²) in [6, 6.07) is 0.680. The molecule has 0 aliphatic heterocycles. The molecule has 1 aliphatic rings. The van der Waals surface area contributed by atoms with Crippen molar-refractivity contribution < 1.29 is 19.1 Å². The van der Waals surface area contributed by atoms with Gasteiger partial charge in [-0.1, -0.05) is 0 Å². The molecule has 0 bridgehead atoms. The summed E-state index contributed by atoms with van der Waals surface area (Å²) in [6.07, 6.45) is 4.36. The maximum absolute atomic E-state index is 13.6. The van der Waals surface area contributed by atoms with Gasteiger partial charge in [-0.25, -0.2) is 9.37 Å². The van der Waals surface area contributed by atoms with Crippen molar-refractivity contribution in [3.63, 3.8) is 0 Å². The lowest BCUT2D eigenvalue weighted by atomic mass is 10.1. The van der Waals surface area contributed by atoms with Crippen molar-refractivity contribution in [3.05, 3.63) is 46.4 Å². The van der Waals surface area contributed by atoms with Crippen LogP contribution in [-0.2, 0) is 11.2 Å². The number of carbonyl (C=O) groups excluding carboxylic acids is 2. The third-order valence-electron chi connectivity index (χ3n) is 4.35. The van der Waals surface area contributed by atoms with Crippen LogP contribution in [0.4, 0.5) is 4.39 Å². The second kappa shape index (κ2) is 8.33. The molecule has 9 heteroatoms. The highest BCUT2D eigenvalue weighted by atomic mass is 32.1. The van der Waals surface area contributed by atoms with Crippen LogP contribution in [-0.4, -0.2) is 45.6 Å². The normalized spacial score (nSPS) is 22.2. The Bertz CT molecular complexity index is 771. The molecule has 3 N–H and O–H groups in total. The predicted molar refractivity (Wildman–Crippen MR) is 93.0 cm³/mol. The summed E-state index contributed by atoms with van der Waals surface area (Å²) in [5.74, 6) is -1.91. The van der Waals surface area contributed by atoms with Crippen LogP contribution in [0.3, 0.4) is 0 Å². The molecular weight excluding hydrogens is 359 g/mol. The minimum atomic E-state index is -0.849. The lowest BCUT2D eigenvalue weighted by Crippen LogP contribution is -2.40. The fourth-order valence-electron chi connectivity index (χ4n) is 3.00. The number of thiazole rings is 1. The molecule has 1 saturated carbocycles. The van der Waals surface area contributed by atoms with Gasteiger partial charge in [-0.05, 0) is 18.9 Å². The largest absolute Gasteiger partial charge is 0.391 e. The zero-order chi connectivity index (χ0) is 18.5. The first-order valence-corrected chi connectivity index (χ1v) is 9.17. The Kier molecular flexibility index (Phi) is 5.89. The van der Waals surface area contributed by atoms with Crippen LogP contribution in [0.15, 0.2) is 30.0 Å². The van der Waals surface area contributed by atoms with E-state index in [0.29, 0.717) is 19.4 Å². The second-order valence-corrected chi connectivity index (χ2v) is 7.12. The molecule has 0 radical (unpaired) electrons. The zero-order valence-electron chi connectivity index (χ0n) is 13.9. The minimum Gasteiger partial charge on any atom is -0.391 e. The lowest BCUT2D eigenvalue weighted by molar-refractivity contribution is -0.125. The number of aliphatic hydroxyl groups excluding tert-OH is 1. The van der Waals surface area contributed by atoms with Crippen LogP contribution < -0.4 is 10.6 Å². The van der Waals surface area contributed by atoms with Crippen molar-refractivity contribution in [1.82, 2.24) is 20.6 Å². The lowest BCUT2D eigenvalue weighted by Gasteiger charge is -2.16. The van der Waals surface area contributed by atoms with E-state index < -0.39 is 29.8 Å². The summed E-state index contributed by atoms with van der Waals surface area (Å²) in [7, 11) is 0. The highest BCUT2D eigenvalue weighted by Crippen LogP contribution is 2.26. The number of carbonyl (C=O) groups is 2. The molecule has 3 rings (SSSR count). The van der Waals surface area contributed by atoms with Crippen molar-refractivity contribution in [2.45, 2.75) is 31.4 Å². The fourth-order valence-corrected chi connectivity index (χ4v) is 3.62. The summed E-state index contributed by atoms with van der Waals surface area (Å²) in [5, 5.41) is 18.4. The van der Waals surface area contributed by atoms with E-state index in [1.165, 1.54) is 23.6 Å². The average Bonchev–Trinajstić information content (AvgIpc) is 3.25. The molecule has 3 atom stereocenters. The molecule has 0 aromatic carbocycles. The summed E-state index contributed by atoms with van der Waals surface area (Å²) in [6.45, 7) is 0.470. The van der Waals surface area contributed by atoms with Gasteiger partial charge >= 0.3 is 0 Å². The molecule has 0 spiro atoms. The van der Waals surface area contributed by atoms with Gasteiger partial charge in [0.15, 0.2) is 5.82 Å². The van der Waals surface area contributed by atoms with Crippen LogP contribution in [0.2, 0.25) is 0 Å². The van der Waals surface area contributed by atoms with Gasteiger partial charge in [0.1, 0.15) is 0 Å². The summed E-state index contributed by atoms with van der Waals surface area (Å²) < 4.78 is 13.6. The number of pyridine rings is 1. The highest BCUT2D eigenvalue weighted by molar-refractivity contribution is 7.09. The molecule has 0 saturated heterocycles. The number of hydrogen-bond donors (Lipinski definition) is 3. The number of hydrogen-bond acceptors (Lipinski definition) is 6. The molecule has 1 fully saturated rings. The van der Waals surface area contributed by atoms with Gasteiger partial charge in [-0.2, -0.15) is 0 Å². The Hall–Kier alpha value is -2.39. The first-order valence-electron chi connectivity index (χ1n) is 8.29. The average molecular weight is 378 g/mol. The Morgan fingerprint density at radius 3 is 2.92 bits per heavy atom. The third kappa shape index (κ3) is 4.41. The van der Waals surface area contributed by atoms with Gasteiger partial charge in [0.2, 0.25) is 5.91 Å². The number of rotatable bonds is 6. The summed E-state index contributed by atoms with van der Waals surface area (Å²) in [4.78, 5) is 32.1. The maximum Gasteiger partial charge on any atom is 0.254 e. The first kappa shape index (κ1) is 18.4. The Balaban J connectivity index is 1.50. The predicted octanol–water partition coefficient (Wildman–Crippen LogP) is 0.905. The molecular formula is C17H19FN4O3S. The van der Waals surface area contributed by atoms with E-state index in [9.17, 15) is 19.1 Å². The minimum absolute atomic E-state index is 0.136. The smallest absolute Gasteiger partial charge is 0.254 e. The van der Waals surface area contributed by atoms with E-state index in [0.717, 1.165) is 11.2 Å². The van der Waals surface area contributed by atoms with Crippen molar-refractivity contribution in [2.24, 2.45) is 5.92 Å². The number of nitrogens with zero attached hydrogens (tertiary/aromatic N) is 2. The van der Waals surface area contributed by atoms with E-state index >= 15 is 0 Å². The Morgan fingerprint density at radius 1 is 1.35 bits per heavy atom.